The summed E-state index contributed by atoms with van der Waals surface area (Å²) < 4.78 is 0. The third kappa shape index (κ3) is 2.30. The van der Waals surface area contributed by atoms with Crippen molar-refractivity contribution in [1.82, 2.24) is 0 Å². The molecule has 2 rings (SSSR count). The molecule has 0 heterocycles. The molecule has 0 amide bonds. The van der Waals surface area contributed by atoms with E-state index in [0.29, 0.717) is 12.1 Å². The minimum absolute atomic E-state index is 0.0869. The first-order valence-electron chi connectivity index (χ1n) is 5.35. The smallest absolute Gasteiger partial charge is 0.292 e. The molecular formula is C11H14N2O3. The van der Waals surface area contributed by atoms with E-state index < -0.39 is 4.92 Å². The molecule has 0 saturated heterocycles. The molecular weight excluding hydrogens is 208 g/mol. The van der Waals surface area contributed by atoms with E-state index in [0.717, 1.165) is 12.8 Å². The van der Waals surface area contributed by atoms with Crippen LogP contribution in [0.1, 0.15) is 19.3 Å². The molecule has 0 radical (unpaired) electrons. The summed E-state index contributed by atoms with van der Waals surface area (Å²) in [5, 5.41) is 23.3. The molecule has 1 saturated carbocycles. The fourth-order valence-corrected chi connectivity index (χ4v) is 2.06. The summed E-state index contributed by atoms with van der Waals surface area (Å²) in [5.41, 5.74) is 0.621. The lowest BCUT2D eigenvalue weighted by molar-refractivity contribution is -0.384. The highest BCUT2D eigenvalue weighted by Gasteiger charge is 2.24. The predicted molar refractivity (Wildman–Crippen MR) is 60.4 cm³/mol. The molecule has 1 aromatic rings. The van der Waals surface area contributed by atoms with E-state index in [-0.39, 0.29) is 17.8 Å². The lowest BCUT2D eigenvalue weighted by Crippen LogP contribution is -2.17. The van der Waals surface area contributed by atoms with Crippen LogP contribution in [-0.2, 0) is 0 Å². The van der Waals surface area contributed by atoms with Gasteiger partial charge in [-0.3, -0.25) is 10.1 Å². The van der Waals surface area contributed by atoms with Crippen molar-refractivity contribution in [2.75, 3.05) is 5.32 Å². The number of nitrogens with one attached hydrogen (secondary N) is 1. The van der Waals surface area contributed by atoms with Gasteiger partial charge in [0.2, 0.25) is 0 Å². The molecule has 1 aliphatic carbocycles. The summed E-state index contributed by atoms with van der Waals surface area (Å²) in [4.78, 5) is 10.4. The van der Waals surface area contributed by atoms with Crippen LogP contribution in [0.3, 0.4) is 0 Å². The molecule has 0 aromatic heterocycles. The lowest BCUT2D eigenvalue weighted by Gasteiger charge is -2.13. The first kappa shape index (κ1) is 10.9. The van der Waals surface area contributed by atoms with Crippen LogP contribution in [0.25, 0.3) is 0 Å². The van der Waals surface area contributed by atoms with Crippen molar-refractivity contribution in [1.29, 1.82) is 0 Å². The Morgan fingerprint density at radius 1 is 1.38 bits per heavy atom. The number of hydrogen-bond acceptors (Lipinski definition) is 4. The van der Waals surface area contributed by atoms with Gasteiger partial charge < -0.3 is 10.4 Å². The zero-order valence-electron chi connectivity index (χ0n) is 8.80. The number of anilines is 1. The molecule has 1 aromatic carbocycles. The number of aliphatic hydroxyl groups is 1. The van der Waals surface area contributed by atoms with Gasteiger partial charge in [-0.05, 0) is 25.3 Å². The highest BCUT2D eigenvalue weighted by Crippen LogP contribution is 2.28. The minimum atomic E-state index is -0.395. The summed E-state index contributed by atoms with van der Waals surface area (Å²) in [6.07, 6.45) is 2.00. The zero-order valence-corrected chi connectivity index (χ0v) is 8.80. The first-order valence-corrected chi connectivity index (χ1v) is 5.35. The second-order valence-electron chi connectivity index (χ2n) is 4.08. The van der Waals surface area contributed by atoms with Gasteiger partial charge in [-0.15, -0.1) is 0 Å². The molecule has 1 fully saturated rings. The maximum Gasteiger partial charge on any atom is 0.292 e. The fourth-order valence-electron chi connectivity index (χ4n) is 2.06. The summed E-state index contributed by atoms with van der Waals surface area (Å²) in [6, 6.07) is 6.72. The average molecular weight is 222 g/mol. The standard InChI is InChI=1S/C11H14N2O3/c14-9-6-5-8(7-9)12-10-3-1-2-4-11(10)13(15)16/h1-4,8-9,12,14H,5-7H2/t8-,9+/m0/s1. The van der Waals surface area contributed by atoms with Crippen LogP contribution >= 0.6 is 0 Å². The molecule has 0 aliphatic heterocycles. The van der Waals surface area contributed by atoms with E-state index in [9.17, 15) is 15.2 Å². The van der Waals surface area contributed by atoms with Gasteiger partial charge in [0, 0.05) is 12.1 Å². The highest BCUT2D eigenvalue weighted by atomic mass is 16.6. The number of para-hydroxylation sites is 2. The molecule has 16 heavy (non-hydrogen) atoms. The quantitative estimate of drug-likeness (QED) is 0.605. The van der Waals surface area contributed by atoms with Crippen LogP contribution in [0.15, 0.2) is 24.3 Å². The second kappa shape index (κ2) is 4.49. The average Bonchev–Trinajstić information content (AvgIpc) is 2.64. The number of nitrogens with zero attached hydrogens (tertiary/aromatic N) is 1. The second-order valence-corrected chi connectivity index (χ2v) is 4.08. The van der Waals surface area contributed by atoms with Gasteiger partial charge in [-0.1, -0.05) is 12.1 Å². The number of rotatable bonds is 3. The Hall–Kier alpha value is -1.62. The zero-order chi connectivity index (χ0) is 11.5. The van der Waals surface area contributed by atoms with Gasteiger partial charge in [0.25, 0.3) is 5.69 Å². The molecule has 2 N–H and O–H groups in total. The fraction of sp³-hybridized carbons (Fsp3) is 0.455. The maximum atomic E-state index is 10.8. The van der Waals surface area contributed by atoms with E-state index in [2.05, 4.69) is 5.32 Å². The van der Waals surface area contributed by atoms with Crippen molar-refractivity contribution in [2.45, 2.75) is 31.4 Å². The van der Waals surface area contributed by atoms with Crippen molar-refractivity contribution in [3.05, 3.63) is 34.4 Å². The van der Waals surface area contributed by atoms with Crippen molar-refractivity contribution in [2.24, 2.45) is 0 Å². The molecule has 0 unspecified atom stereocenters. The van der Waals surface area contributed by atoms with Crippen molar-refractivity contribution < 1.29 is 10.0 Å². The Labute approximate surface area is 93.2 Å². The Kier molecular flexibility index (Phi) is 3.05. The number of hydrogen-bond donors (Lipinski definition) is 2. The number of aliphatic hydroxyl groups excluding tert-OH is 1. The Balaban J connectivity index is 2.12. The minimum Gasteiger partial charge on any atom is -0.393 e. The van der Waals surface area contributed by atoms with E-state index in [1.165, 1.54) is 6.07 Å². The topological polar surface area (TPSA) is 75.4 Å². The Morgan fingerprint density at radius 2 is 2.12 bits per heavy atom. The Morgan fingerprint density at radius 3 is 2.75 bits per heavy atom. The summed E-state index contributed by atoms with van der Waals surface area (Å²) in [6.45, 7) is 0. The molecule has 2 atom stereocenters. The maximum absolute atomic E-state index is 10.8. The highest BCUT2D eigenvalue weighted by molar-refractivity contribution is 5.61. The van der Waals surface area contributed by atoms with E-state index in [1.807, 2.05) is 0 Å². The van der Waals surface area contributed by atoms with Crippen LogP contribution in [0.4, 0.5) is 11.4 Å². The van der Waals surface area contributed by atoms with E-state index in [1.54, 1.807) is 18.2 Å². The number of benzene rings is 1. The number of nitro groups is 1. The van der Waals surface area contributed by atoms with Crippen LogP contribution < -0.4 is 5.32 Å². The van der Waals surface area contributed by atoms with Crippen molar-refractivity contribution >= 4 is 11.4 Å². The third-order valence-corrected chi connectivity index (χ3v) is 2.87. The molecule has 0 spiro atoms. The van der Waals surface area contributed by atoms with E-state index >= 15 is 0 Å². The SMILES string of the molecule is O=[N+]([O-])c1ccccc1N[C@H]1CC[C@@H](O)C1. The van der Waals surface area contributed by atoms with Crippen LogP contribution in [-0.4, -0.2) is 22.2 Å². The van der Waals surface area contributed by atoms with Crippen LogP contribution in [0.5, 0.6) is 0 Å². The molecule has 86 valence electrons. The first-order chi connectivity index (χ1) is 7.66. The third-order valence-electron chi connectivity index (χ3n) is 2.87. The van der Waals surface area contributed by atoms with Crippen LogP contribution in [0, 0.1) is 10.1 Å². The van der Waals surface area contributed by atoms with Gasteiger partial charge in [0.15, 0.2) is 0 Å². The lowest BCUT2D eigenvalue weighted by atomic mass is 10.2. The largest absolute Gasteiger partial charge is 0.393 e. The van der Waals surface area contributed by atoms with Crippen molar-refractivity contribution in [3.63, 3.8) is 0 Å². The van der Waals surface area contributed by atoms with Gasteiger partial charge >= 0.3 is 0 Å². The monoisotopic (exact) mass is 222 g/mol. The normalized spacial score (nSPS) is 24.3. The van der Waals surface area contributed by atoms with Gasteiger partial charge in [0.1, 0.15) is 5.69 Å². The Bertz CT molecular complexity index is 395. The summed E-state index contributed by atoms with van der Waals surface area (Å²) in [7, 11) is 0. The van der Waals surface area contributed by atoms with Crippen molar-refractivity contribution in [3.8, 4) is 0 Å². The number of nitro benzene ring substituents is 1. The molecule has 0 bridgehead atoms. The molecule has 5 nitrogen and oxygen atoms in total. The van der Waals surface area contributed by atoms with Crippen LogP contribution in [0.2, 0.25) is 0 Å². The molecule has 5 heteroatoms. The van der Waals surface area contributed by atoms with Gasteiger partial charge in [-0.25, -0.2) is 0 Å². The summed E-state index contributed by atoms with van der Waals surface area (Å²) in [5.74, 6) is 0. The van der Waals surface area contributed by atoms with E-state index in [4.69, 9.17) is 0 Å². The van der Waals surface area contributed by atoms with Gasteiger partial charge in [0.05, 0.1) is 11.0 Å². The molecule has 1 aliphatic rings. The van der Waals surface area contributed by atoms with Gasteiger partial charge in [-0.2, -0.15) is 0 Å². The summed E-state index contributed by atoms with van der Waals surface area (Å²) >= 11 is 0. The predicted octanol–water partition coefficient (Wildman–Crippen LogP) is 1.92.